The number of unbranched alkanes of at least 4 members (excludes halogenated alkanes) is 39. The Morgan fingerprint density at radius 3 is 0.753 bits per heavy atom. The number of ether oxygens (including phenoxy) is 3. The Balaban J connectivity index is 4.07. The lowest BCUT2D eigenvalue weighted by Gasteiger charge is -2.18. The van der Waals surface area contributed by atoms with Crippen molar-refractivity contribution in [1.29, 1.82) is 0 Å². The van der Waals surface area contributed by atoms with Crippen molar-refractivity contribution >= 4 is 17.9 Å². The van der Waals surface area contributed by atoms with Crippen LogP contribution in [0.15, 0.2) is 85.1 Å². The minimum atomic E-state index is -0.771. The molecular formula is C75H132O6. The lowest BCUT2D eigenvalue weighted by molar-refractivity contribution is -0.167. The number of esters is 3. The number of allylic oxidation sites excluding steroid dienone is 14. The molecule has 0 saturated carbocycles. The highest BCUT2D eigenvalue weighted by molar-refractivity contribution is 5.71. The molecule has 0 radical (unpaired) electrons. The fourth-order valence-electron chi connectivity index (χ4n) is 10.2. The second-order valence-corrected chi connectivity index (χ2v) is 23.4. The Morgan fingerprint density at radius 1 is 0.259 bits per heavy atom. The summed E-state index contributed by atoms with van der Waals surface area (Å²) in [5.41, 5.74) is 0. The van der Waals surface area contributed by atoms with Gasteiger partial charge in [0.15, 0.2) is 6.10 Å². The average Bonchev–Trinajstić information content (AvgIpc) is 3.47. The molecule has 0 aromatic heterocycles. The van der Waals surface area contributed by atoms with E-state index in [2.05, 4.69) is 106 Å². The minimum Gasteiger partial charge on any atom is -0.462 e. The molecule has 6 heteroatoms. The lowest BCUT2D eigenvalue weighted by atomic mass is 10.0. The van der Waals surface area contributed by atoms with Crippen LogP contribution in [-0.2, 0) is 28.6 Å². The van der Waals surface area contributed by atoms with Crippen LogP contribution in [-0.4, -0.2) is 37.2 Å². The van der Waals surface area contributed by atoms with Gasteiger partial charge >= 0.3 is 17.9 Å². The number of carbonyl (C=O) groups excluding carboxylic acids is 3. The van der Waals surface area contributed by atoms with E-state index in [-0.39, 0.29) is 31.1 Å². The molecule has 1 unspecified atom stereocenters. The molecule has 1 atom stereocenters. The van der Waals surface area contributed by atoms with Gasteiger partial charge in [0.2, 0.25) is 0 Å². The number of hydrogen-bond donors (Lipinski definition) is 0. The van der Waals surface area contributed by atoms with E-state index >= 15 is 0 Å². The van der Waals surface area contributed by atoms with Crippen LogP contribution in [0, 0.1) is 0 Å². The molecule has 81 heavy (non-hydrogen) atoms. The van der Waals surface area contributed by atoms with Crippen molar-refractivity contribution < 1.29 is 28.6 Å². The van der Waals surface area contributed by atoms with Gasteiger partial charge < -0.3 is 14.2 Å². The lowest BCUT2D eigenvalue weighted by Crippen LogP contribution is -2.30. The Labute approximate surface area is 503 Å². The molecule has 0 aromatic carbocycles. The van der Waals surface area contributed by atoms with Crippen LogP contribution in [0.4, 0.5) is 0 Å². The molecule has 0 aromatic rings. The van der Waals surface area contributed by atoms with Crippen molar-refractivity contribution in [3.63, 3.8) is 0 Å². The summed E-state index contributed by atoms with van der Waals surface area (Å²) in [6.45, 7) is 6.55. The third-order valence-corrected chi connectivity index (χ3v) is 15.4. The molecule has 0 heterocycles. The molecule has 0 bridgehead atoms. The first-order valence-corrected chi connectivity index (χ1v) is 35.1. The van der Waals surface area contributed by atoms with Crippen LogP contribution in [0.2, 0.25) is 0 Å². The highest BCUT2D eigenvalue weighted by Gasteiger charge is 2.19. The monoisotopic (exact) mass is 1130 g/mol. The van der Waals surface area contributed by atoms with Crippen LogP contribution in [0.25, 0.3) is 0 Å². The molecule has 0 N–H and O–H groups in total. The van der Waals surface area contributed by atoms with Gasteiger partial charge in [-0.15, -0.1) is 0 Å². The predicted molar refractivity (Wildman–Crippen MR) is 353 cm³/mol. The first-order valence-electron chi connectivity index (χ1n) is 35.1. The molecule has 0 amide bonds. The molecule has 0 aliphatic rings. The maximum atomic E-state index is 12.9. The third kappa shape index (κ3) is 67.3. The quantitative estimate of drug-likeness (QED) is 0.0261. The van der Waals surface area contributed by atoms with E-state index in [4.69, 9.17) is 14.2 Å². The molecule has 6 nitrogen and oxygen atoms in total. The summed E-state index contributed by atoms with van der Waals surface area (Å²) in [6, 6.07) is 0. The Bertz CT molecular complexity index is 1530. The van der Waals surface area contributed by atoms with Crippen molar-refractivity contribution in [3.8, 4) is 0 Å². The van der Waals surface area contributed by atoms with Crippen LogP contribution >= 0.6 is 0 Å². The average molecular weight is 1130 g/mol. The van der Waals surface area contributed by atoms with E-state index in [0.717, 1.165) is 103 Å². The highest BCUT2D eigenvalue weighted by Crippen LogP contribution is 2.18. The third-order valence-electron chi connectivity index (χ3n) is 15.4. The maximum absolute atomic E-state index is 12.9. The van der Waals surface area contributed by atoms with Gasteiger partial charge in [-0.25, -0.2) is 0 Å². The Morgan fingerprint density at radius 2 is 0.481 bits per heavy atom. The summed E-state index contributed by atoms with van der Waals surface area (Å²) in [4.78, 5) is 38.2. The molecular weight excluding hydrogens is 997 g/mol. The molecule has 0 aliphatic carbocycles. The number of hydrogen-bond acceptors (Lipinski definition) is 6. The predicted octanol–water partition coefficient (Wildman–Crippen LogP) is 24.2. The zero-order chi connectivity index (χ0) is 58.5. The SMILES string of the molecule is CC/C=C\C/C=C\C/C=C\C/C=C\C/C=C\C/C=C\C/C=C\CCCCCCCCCCCCCCCC(=O)OCC(COC(=O)CCCCCCCCCC)OC(=O)CCCCCCCCCCCCCCCCCCCCCC. The summed E-state index contributed by atoms with van der Waals surface area (Å²) >= 11 is 0. The van der Waals surface area contributed by atoms with E-state index < -0.39 is 6.10 Å². The van der Waals surface area contributed by atoms with Gasteiger partial charge in [0, 0.05) is 19.3 Å². The van der Waals surface area contributed by atoms with Crippen molar-refractivity contribution in [2.75, 3.05) is 13.2 Å². The molecule has 0 rings (SSSR count). The van der Waals surface area contributed by atoms with Gasteiger partial charge in [-0.05, 0) is 77.0 Å². The summed E-state index contributed by atoms with van der Waals surface area (Å²) in [5, 5.41) is 0. The molecule has 0 aliphatic heterocycles. The van der Waals surface area contributed by atoms with E-state index in [1.165, 1.54) is 212 Å². The van der Waals surface area contributed by atoms with Crippen LogP contribution in [0.5, 0.6) is 0 Å². The minimum absolute atomic E-state index is 0.0702. The number of carbonyl (C=O) groups is 3. The standard InChI is InChI=1S/C75H132O6/c1-4-7-10-13-16-19-21-23-25-27-29-31-32-33-34-35-36-37-38-39-40-41-42-43-44-45-47-48-50-52-54-56-59-62-65-68-74(77)80-71-72(70-79-73(76)67-64-61-58-18-15-12-9-6-3)81-75(78)69-66-63-60-57-55-53-51-49-46-30-28-26-24-22-20-17-14-11-8-5-2/h7,10,16,19,23,25,29,31,33-34,36-37,39-40,72H,4-6,8-9,11-15,17-18,20-22,24,26-28,30,32,35,38,41-71H2,1-3H3/b10-7-,19-16-,25-23-,31-29-,34-33-,37-36-,40-39-. The van der Waals surface area contributed by atoms with Gasteiger partial charge in [-0.1, -0.05) is 343 Å². The van der Waals surface area contributed by atoms with Crippen molar-refractivity contribution in [1.82, 2.24) is 0 Å². The molecule has 468 valence electrons. The van der Waals surface area contributed by atoms with Crippen LogP contribution in [0.3, 0.4) is 0 Å². The van der Waals surface area contributed by atoms with Gasteiger partial charge in [0.25, 0.3) is 0 Å². The topological polar surface area (TPSA) is 78.9 Å². The Kier molecular flexibility index (Phi) is 66.2. The zero-order valence-electron chi connectivity index (χ0n) is 53.8. The highest BCUT2D eigenvalue weighted by atomic mass is 16.6. The molecule has 0 spiro atoms. The van der Waals surface area contributed by atoms with E-state index in [1.807, 2.05) is 0 Å². The normalized spacial score (nSPS) is 12.6. The largest absolute Gasteiger partial charge is 0.462 e. The van der Waals surface area contributed by atoms with Gasteiger partial charge in [-0.2, -0.15) is 0 Å². The van der Waals surface area contributed by atoms with Gasteiger partial charge in [0.05, 0.1) is 0 Å². The van der Waals surface area contributed by atoms with Gasteiger partial charge in [-0.3, -0.25) is 14.4 Å². The van der Waals surface area contributed by atoms with Crippen molar-refractivity contribution in [3.05, 3.63) is 85.1 Å². The van der Waals surface area contributed by atoms with E-state index in [9.17, 15) is 14.4 Å². The molecule has 0 fully saturated rings. The fourth-order valence-corrected chi connectivity index (χ4v) is 10.2. The summed E-state index contributed by atoms with van der Waals surface area (Å²) < 4.78 is 16.9. The van der Waals surface area contributed by atoms with Crippen LogP contribution < -0.4 is 0 Å². The first-order chi connectivity index (χ1) is 40.0. The maximum Gasteiger partial charge on any atom is 0.306 e. The van der Waals surface area contributed by atoms with E-state index in [0.29, 0.717) is 19.3 Å². The van der Waals surface area contributed by atoms with Crippen molar-refractivity contribution in [2.45, 2.75) is 361 Å². The fraction of sp³-hybridized carbons (Fsp3) is 0.773. The zero-order valence-corrected chi connectivity index (χ0v) is 53.8. The molecule has 0 saturated heterocycles. The second kappa shape index (κ2) is 69.1. The first kappa shape index (κ1) is 77.6. The van der Waals surface area contributed by atoms with Gasteiger partial charge in [0.1, 0.15) is 13.2 Å². The summed E-state index contributed by atoms with van der Waals surface area (Å²) in [5.74, 6) is -0.856. The summed E-state index contributed by atoms with van der Waals surface area (Å²) in [6.07, 6.45) is 92.0. The van der Waals surface area contributed by atoms with E-state index in [1.54, 1.807) is 0 Å². The second-order valence-electron chi connectivity index (χ2n) is 23.4. The summed E-state index contributed by atoms with van der Waals surface area (Å²) in [7, 11) is 0. The number of rotatable bonds is 64. The Hall–Kier alpha value is -3.41. The smallest absolute Gasteiger partial charge is 0.306 e. The van der Waals surface area contributed by atoms with Crippen molar-refractivity contribution in [2.24, 2.45) is 0 Å². The van der Waals surface area contributed by atoms with Crippen LogP contribution in [0.1, 0.15) is 355 Å².